The molecular weight excluding hydrogens is 187 g/mol. The summed E-state index contributed by atoms with van der Waals surface area (Å²) in [6.45, 7) is 4.75. The van der Waals surface area contributed by atoms with Crippen LogP contribution in [-0.2, 0) is 0 Å². The van der Waals surface area contributed by atoms with Gasteiger partial charge in [0, 0.05) is 5.66 Å². The minimum atomic E-state index is 0.253. The first-order valence-corrected chi connectivity index (χ1v) is 7.54. The van der Waals surface area contributed by atoms with Gasteiger partial charge in [0.05, 0.1) is 0 Å². The van der Waals surface area contributed by atoms with Crippen molar-refractivity contribution in [1.82, 2.24) is 0 Å². The van der Waals surface area contributed by atoms with Crippen molar-refractivity contribution in [2.75, 3.05) is 0 Å². The summed E-state index contributed by atoms with van der Waals surface area (Å²) in [7, 11) is 0.253. The fraction of sp³-hybridized carbons (Fsp3) is 0.692. The molecule has 0 saturated carbocycles. The van der Waals surface area contributed by atoms with Crippen LogP contribution in [0.5, 0.6) is 0 Å². The molecule has 1 heteroatoms. The van der Waals surface area contributed by atoms with Crippen molar-refractivity contribution >= 4 is 7.92 Å². The monoisotopic (exact) mass is 208 g/mol. The molecule has 2 aliphatic rings. The largest absolute Gasteiger partial charge is 0.0893 e. The van der Waals surface area contributed by atoms with E-state index in [2.05, 4.69) is 38.2 Å². The summed E-state index contributed by atoms with van der Waals surface area (Å²) in [4.78, 5) is 0. The lowest BCUT2D eigenvalue weighted by Crippen LogP contribution is -2.11. The van der Waals surface area contributed by atoms with E-state index in [1.54, 1.807) is 0 Å². The highest BCUT2D eigenvalue weighted by molar-refractivity contribution is 7.60. The van der Waals surface area contributed by atoms with E-state index in [-0.39, 0.29) is 7.92 Å². The van der Waals surface area contributed by atoms with Crippen LogP contribution in [-0.4, -0.2) is 17.0 Å². The lowest BCUT2D eigenvalue weighted by Gasteiger charge is -2.28. The van der Waals surface area contributed by atoms with Gasteiger partial charge < -0.3 is 0 Å². The lowest BCUT2D eigenvalue weighted by atomic mass is 10.1. The second kappa shape index (κ2) is 4.62. The summed E-state index contributed by atoms with van der Waals surface area (Å²) < 4.78 is 0. The Morgan fingerprint density at radius 1 is 1.00 bits per heavy atom. The summed E-state index contributed by atoms with van der Waals surface area (Å²) in [6, 6.07) is 0. The van der Waals surface area contributed by atoms with E-state index in [4.69, 9.17) is 0 Å². The Morgan fingerprint density at radius 3 is 1.93 bits per heavy atom. The number of rotatable bonds is 3. The van der Waals surface area contributed by atoms with Gasteiger partial charge in [0.25, 0.3) is 0 Å². The normalized spacial score (nSPS) is 33.3. The molecule has 0 bridgehead atoms. The van der Waals surface area contributed by atoms with Crippen molar-refractivity contribution in [3.05, 3.63) is 24.3 Å². The smallest absolute Gasteiger partial charge is 0.0161 e. The molecule has 0 unspecified atom stereocenters. The molecule has 2 rings (SSSR count). The molecule has 1 fully saturated rings. The molecule has 1 aliphatic carbocycles. The second-order valence-electron chi connectivity index (χ2n) is 4.41. The molecule has 78 valence electrons. The Kier molecular flexibility index (Phi) is 3.44. The van der Waals surface area contributed by atoms with Crippen molar-refractivity contribution in [3.63, 3.8) is 0 Å². The summed E-state index contributed by atoms with van der Waals surface area (Å²) in [5.41, 5.74) is 2.92. The molecule has 0 aromatic rings. The molecule has 0 aromatic carbocycles. The van der Waals surface area contributed by atoms with Crippen LogP contribution in [0.2, 0.25) is 0 Å². The molecule has 14 heavy (non-hydrogen) atoms. The van der Waals surface area contributed by atoms with Crippen molar-refractivity contribution < 1.29 is 0 Å². The van der Waals surface area contributed by atoms with Gasteiger partial charge in [0.2, 0.25) is 0 Å². The maximum absolute atomic E-state index is 2.43. The van der Waals surface area contributed by atoms with Crippen LogP contribution < -0.4 is 0 Å². The standard InChI is InChI=1S/C13H21P/c1-3-11-9-10-12(4-2)14(11)13-7-5-6-8-13/h5-8,11-13H,3-4,9-10H2,1-2H3/t11-,12-/m0/s1. The van der Waals surface area contributed by atoms with Crippen LogP contribution in [0, 0.1) is 0 Å². The average molecular weight is 208 g/mol. The van der Waals surface area contributed by atoms with Crippen molar-refractivity contribution in [1.29, 1.82) is 0 Å². The summed E-state index contributed by atoms with van der Waals surface area (Å²) >= 11 is 0. The minimum Gasteiger partial charge on any atom is -0.0893 e. The van der Waals surface area contributed by atoms with E-state index in [0.717, 1.165) is 17.0 Å². The first kappa shape index (κ1) is 10.4. The Labute approximate surface area is 89.2 Å². The van der Waals surface area contributed by atoms with Gasteiger partial charge in [0.15, 0.2) is 0 Å². The van der Waals surface area contributed by atoms with E-state index in [1.807, 2.05) is 0 Å². The lowest BCUT2D eigenvalue weighted by molar-refractivity contribution is 0.696. The van der Waals surface area contributed by atoms with Gasteiger partial charge in [-0.2, -0.15) is 0 Å². The fourth-order valence-corrected chi connectivity index (χ4v) is 6.82. The second-order valence-corrected chi connectivity index (χ2v) is 7.36. The zero-order valence-corrected chi connectivity index (χ0v) is 10.2. The zero-order chi connectivity index (χ0) is 9.97. The van der Waals surface area contributed by atoms with Gasteiger partial charge in [-0.05, 0) is 37.0 Å². The first-order valence-electron chi connectivity index (χ1n) is 5.99. The Morgan fingerprint density at radius 2 is 1.50 bits per heavy atom. The fourth-order valence-electron chi connectivity index (χ4n) is 2.92. The van der Waals surface area contributed by atoms with E-state index in [1.165, 1.54) is 25.7 Å². The summed E-state index contributed by atoms with van der Waals surface area (Å²) in [5, 5.41) is 0. The molecule has 2 atom stereocenters. The van der Waals surface area contributed by atoms with Gasteiger partial charge in [-0.25, -0.2) is 0 Å². The molecule has 1 heterocycles. The van der Waals surface area contributed by atoms with E-state index in [9.17, 15) is 0 Å². The van der Waals surface area contributed by atoms with Crippen LogP contribution >= 0.6 is 7.92 Å². The van der Waals surface area contributed by atoms with E-state index >= 15 is 0 Å². The van der Waals surface area contributed by atoms with E-state index < -0.39 is 0 Å². The molecule has 0 N–H and O–H groups in total. The van der Waals surface area contributed by atoms with Crippen LogP contribution in [0.4, 0.5) is 0 Å². The summed E-state index contributed by atoms with van der Waals surface area (Å²) in [6.07, 6.45) is 15.2. The third-order valence-corrected chi connectivity index (χ3v) is 7.66. The molecule has 1 aliphatic heterocycles. The van der Waals surface area contributed by atoms with Crippen LogP contribution in [0.15, 0.2) is 24.3 Å². The number of allylic oxidation sites excluding steroid dienone is 4. The van der Waals surface area contributed by atoms with Crippen molar-refractivity contribution in [2.24, 2.45) is 0 Å². The topological polar surface area (TPSA) is 0 Å². The predicted molar refractivity (Wildman–Crippen MR) is 66.4 cm³/mol. The van der Waals surface area contributed by atoms with Gasteiger partial charge in [-0.3, -0.25) is 0 Å². The molecule has 0 aromatic heterocycles. The van der Waals surface area contributed by atoms with Crippen LogP contribution in [0.3, 0.4) is 0 Å². The van der Waals surface area contributed by atoms with Crippen molar-refractivity contribution in [2.45, 2.75) is 56.5 Å². The molecule has 0 nitrogen and oxygen atoms in total. The third-order valence-electron chi connectivity index (χ3n) is 3.69. The molecular formula is C13H21P. The first-order chi connectivity index (χ1) is 6.86. The van der Waals surface area contributed by atoms with Crippen molar-refractivity contribution in [3.8, 4) is 0 Å². The highest BCUT2D eigenvalue weighted by Gasteiger charge is 2.36. The maximum atomic E-state index is 2.43. The van der Waals surface area contributed by atoms with Crippen LogP contribution in [0.1, 0.15) is 39.5 Å². The summed E-state index contributed by atoms with van der Waals surface area (Å²) in [5.74, 6) is 0. The zero-order valence-electron chi connectivity index (χ0n) is 9.32. The Bertz CT molecular complexity index is 218. The number of hydrogen-bond donors (Lipinski definition) is 0. The average Bonchev–Trinajstić information content (AvgIpc) is 2.85. The van der Waals surface area contributed by atoms with Crippen LogP contribution in [0.25, 0.3) is 0 Å². The van der Waals surface area contributed by atoms with Gasteiger partial charge in [-0.15, -0.1) is 0 Å². The minimum absolute atomic E-state index is 0.253. The van der Waals surface area contributed by atoms with Gasteiger partial charge in [-0.1, -0.05) is 46.1 Å². The molecule has 0 amide bonds. The Balaban J connectivity index is 2.10. The van der Waals surface area contributed by atoms with E-state index in [0.29, 0.717) is 0 Å². The highest BCUT2D eigenvalue weighted by atomic mass is 31.1. The predicted octanol–water partition coefficient (Wildman–Crippen LogP) is 4.31. The SMILES string of the molecule is CC[C@H]1CC[C@H](CC)P1C1C=CC=C1. The molecule has 0 spiro atoms. The third kappa shape index (κ3) is 1.82. The molecule has 1 saturated heterocycles. The molecule has 0 radical (unpaired) electrons. The Hall–Kier alpha value is -0.0900. The highest BCUT2D eigenvalue weighted by Crippen LogP contribution is 2.62. The number of hydrogen-bond acceptors (Lipinski definition) is 0. The maximum Gasteiger partial charge on any atom is 0.0161 e. The van der Waals surface area contributed by atoms with Gasteiger partial charge >= 0.3 is 0 Å². The quantitative estimate of drug-likeness (QED) is 0.606. The van der Waals surface area contributed by atoms with Gasteiger partial charge in [0.1, 0.15) is 0 Å².